The Labute approximate surface area is 131 Å². The first-order valence-corrected chi connectivity index (χ1v) is 6.91. The zero-order valence-electron chi connectivity index (χ0n) is 12.3. The van der Waals surface area contributed by atoms with E-state index in [-0.39, 0.29) is 5.56 Å². The van der Waals surface area contributed by atoms with E-state index in [1.807, 2.05) is 0 Å². The molecule has 0 saturated heterocycles. The smallest absolute Gasteiger partial charge is 0.325 e. The van der Waals surface area contributed by atoms with Gasteiger partial charge in [0.1, 0.15) is 5.82 Å². The summed E-state index contributed by atoms with van der Waals surface area (Å²) in [5.74, 6) is -1.76. The van der Waals surface area contributed by atoms with E-state index in [9.17, 15) is 22.4 Å². The first kappa shape index (κ1) is 17.0. The molecule has 2 rings (SSSR count). The number of carbonyl (C=O) groups excluding carboxylic acids is 1. The highest BCUT2D eigenvalue weighted by Gasteiger charge is 2.46. The monoisotopic (exact) mass is 325 g/mol. The van der Waals surface area contributed by atoms with Crippen LogP contribution in [0.5, 0.6) is 0 Å². The Morgan fingerprint density at radius 1 is 1.00 bits per heavy atom. The number of nitrogens with one attached hydrogen (secondary N) is 1. The Bertz CT molecular complexity index is 684. The molecule has 0 radical (unpaired) electrons. The fourth-order valence-corrected chi connectivity index (χ4v) is 2.40. The summed E-state index contributed by atoms with van der Waals surface area (Å²) in [5.41, 5.74) is -2.01. The third kappa shape index (κ3) is 4.09. The lowest BCUT2D eigenvalue weighted by molar-refractivity contribution is -0.155. The summed E-state index contributed by atoms with van der Waals surface area (Å²) < 4.78 is 52.9. The molecule has 1 amide bonds. The second-order valence-electron chi connectivity index (χ2n) is 5.42. The van der Waals surface area contributed by atoms with Gasteiger partial charge < -0.3 is 5.32 Å². The second kappa shape index (κ2) is 6.40. The quantitative estimate of drug-likeness (QED) is 0.813. The van der Waals surface area contributed by atoms with Crippen molar-refractivity contribution in [2.24, 2.45) is 0 Å². The molecule has 0 aliphatic rings. The number of hydrogen-bond acceptors (Lipinski definition) is 1. The minimum atomic E-state index is -4.62. The fraction of sp³-hybridized carbons (Fsp3) is 0.235. The highest BCUT2D eigenvalue weighted by Crippen LogP contribution is 2.38. The highest BCUT2D eigenvalue weighted by atomic mass is 19.4. The van der Waals surface area contributed by atoms with E-state index in [1.54, 1.807) is 30.3 Å². The normalized spacial score (nSPS) is 14.1. The maximum absolute atomic E-state index is 14.0. The Hall–Kier alpha value is -2.37. The van der Waals surface area contributed by atoms with Crippen LogP contribution in [0.3, 0.4) is 0 Å². The van der Waals surface area contributed by atoms with Crippen LogP contribution in [-0.2, 0) is 10.2 Å². The lowest BCUT2D eigenvalue weighted by Crippen LogP contribution is -2.42. The summed E-state index contributed by atoms with van der Waals surface area (Å²) in [6.07, 6.45) is -6.08. The van der Waals surface area contributed by atoms with Gasteiger partial charge in [-0.1, -0.05) is 36.4 Å². The molecule has 0 fully saturated rings. The summed E-state index contributed by atoms with van der Waals surface area (Å²) in [7, 11) is 0. The van der Waals surface area contributed by atoms with Crippen LogP contribution >= 0.6 is 0 Å². The molecule has 0 bridgehead atoms. The summed E-state index contributed by atoms with van der Waals surface area (Å²) in [4.78, 5) is 12.5. The molecule has 1 atom stereocenters. The van der Waals surface area contributed by atoms with Gasteiger partial charge >= 0.3 is 6.18 Å². The van der Waals surface area contributed by atoms with E-state index in [0.29, 0.717) is 5.69 Å². The van der Waals surface area contributed by atoms with Crippen molar-refractivity contribution in [3.05, 3.63) is 66.0 Å². The second-order valence-corrected chi connectivity index (χ2v) is 5.42. The van der Waals surface area contributed by atoms with E-state index in [2.05, 4.69) is 5.32 Å². The van der Waals surface area contributed by atoms with E-state index in [1.165, 1.54) is 18.2 Å². The summed E-state index contributed by atoms with van der Waals surface area (Å²) in [6.45, 7) is 1.09. The van der Waals surface area contributed by atoms with Gasteiger partial charge in [-0.3, -0.25) is 4.79 Å². The van der Waals surface area contributed by atoms with Crippen molar-refractivity contribution >= 4 is 11.6 Å². The van der Waals surface area contributed by atoms with Crippen LogP contribution in [0.25, 0.3) is 0 Å². The minimum Gasteiger partial charge on any atom is -0.325 e. The van der Waals surface area contributed by atoms with Crippen LogP contribution in [0.1, 0.15) is 18.9 Å². The standard InChI is InChI=1S/C17H15F4NO/c1-16(11-17(19,20)21,13-9-5-6-10-14(13)18)15(23)22-12-7-3-2-4-8-12/h2-10H,11H2,1H3,(H,22,23)/t16-/m1/s1. The van der Waals surface area contributed by atoms with Gasteiger partial charge in [-0.2, -0.15) is 13.2 Å². The molecule has 122 valence electrons. The zero-order valence-corrected chi connectivity index (χ0v) is 12.3. The third-order valence-corrected chi connectivity index (χ3v) is 3.56. The summed E-state index contributed by atoms with van der Waals surface area (Å²) >= 11 is 0. The van der Waals surface area contributed by atoms with Gasteiger partial charge in [0.15, 0.2) is 0 Å². The number of para-hydroxylation sites is 1. The maximum Gasteiger partial charge on any atom is 0.390 e. The zero-order chi connectivity index (χ0) is 17.1. The summed E-state index contributed by atoms with van der Waals surface area (Å²) in [6, 6.07) is 13.1. The molecule has 2 aromatic carbocycles. The molecule has 0 unspecified atom stereocenters. The fourth-order valence-electron chi connectivity index (χ4n) is 2.40. The van der Waals surface area contributed by atoms with Gasteiger partial charge in [-0.15, -0.1) is 0 Å². The van der Waals surface area contributed by atoms with Crippen LogP contribution in [-0.4, -0.2) is 12.1 Å². The predicted octanol–water partition coefficient (Wildman–Crippen LogP) is 4.67. The Morgan fingerprint density at radius 3 is 2.13 bits per heavy atom. The SMILES string of the molecule is C[C@](CC(F)(F)F)(C(=O)Nc1ccccc1)c1ccccc1F. The van der Waals surface area contributed by atoms with Crippen LogP contribution in [0, 0.1) is 5.82 Å². The molecule has 0 heterocycles. The number of anilines is 1. The number of rotatable bonds is 4. The van der Waals surface area contributed by atoms with Crippen molar-refractivity contribution < 1.29 is 22.4 Å². The average Bonchev–Trinajstić information content (AvgIpc) is 2.46. The van der Waals surface area contributed by atoms with Gasteiger partial charge in [0.05, 0.1) is 11.8 Å². The van der Waals surface area contributed by atoms with E-state index < -0.39 is 29.7 Å². The number of benzene rings is 2. The molecule has 0 aromatic heterocycles. The Morgan fingerprint density at radius 2 is 1.57 bits per heavy atom. The van der Waals surface area contributed by atoms with Crippen molar-refractivity contribution in [2.75, 3.05) is 5.32 Å². The molecular formula is C17H15F4NO. The van der Waals surface area contributed by atoms with Gasteiger partial charge in [0.2, 0.25) is 5.91 Å². The first-order valence-electron chi connectivity index (χ1n) is 6.91. The van der Waals surface area contributed by atoms with Crippen molar-refractivity contribution in [3.63, 3.8) is 0 Å². The largest absolute Gasteiger partial charge is 0.390 e. The van der Waals surface area contributed by atoms with Gasteiger partial charge in [0, 0.05) is 11.3 Å². The van der Waals surface area contributed by atoms with Gasteiger partial charge in [0.25, 0.3) is 0 Å². The number of carbonyl (C=O) groups is 1. The number of amides is 1. The van der Waals surface area contributed by atoms with Crippen LogP contribution < -0.4 is 5.32 Å². The molecule has 2 nitrogen and oxygen atoms in total. The molecule has 2 aromatic rings. The van der Waals surface area contributed by atoms with Gasteiger partial charge in [-0.05, 0) is 25.1 Å². The minimum absolute atomic E-state index is 0.286. The first-order chi connectivity index (χ1) is 10.7. The molecule has 1 N–H and O–H groups in total. The molecule has 0 aliphatic carbocycles. The maximum atomic E-state index is 14.0. The highest BCUT2D eigenvalue weighted by molar-refractivity contribution is 5.99. The summed E-state index contributed by atoms with van der Waals surface area (Å²) in [5, 5.41) is 2.43. The Kier molecular flexibility index (Phi) is 4.73. The van der Waals surface area contributed by atoms with Crippen molar-refractivity contribution in [2.45, 2.75) is 24.9 Å². The lowest BCUT2D eigenvalue weighted by Gasteiger charge is -2.30. The molecular weight excluding hydrogens is 310 g/mol. The van der Waals surface area contributed by atoms with Crippen molar-refractivity contribution in [1.82, 2.24) is 0 Å². The van der Waals surface area contributed by atoms with Crippen molar-refractivity contribution in [1.29, 1.82) is 0 Å². The Balaban J connectivity index is 2.41. The molecule has 0 spiro atoms. The number of alkyl halides is 3. The van der Waals surface area contributed by atoms with Crippen LogP contribution in [0.4, 0.5) is 23.2 Å². The molecule has 6 heteroatoms. The van der Waals surface area contributed by atoms with Crippen molar-refractivity contribution in [3.8, 4) is 0 Å². The number of halogens is 4. The average molecular weight is 325 g/mol. The predicted molar refractivity (Wildman–Crippen MR) is 79.5 cm³/mol. The lowest BCUT2D eigenvalue weighted by atomic mass is 9.78. The third-order valence-electron chi connectivity index (χ3n) is 3.56. The topological polar surface area (TPSA) is 29.1 Å². The van der Waals surface area contributed by atoms with E-state index in [4.69, 9.17) is 0 Å². The number of hydrogen-bond donors (Lipinski definition) is 1. The molecule has 0 aliphatic heterocycles. The van der Waals surface area contributed by atoms with E-state index >= 15 is 0 Å². The van der Waals surface area contributed by atoms with Crippen LogP contribution in [0.15, 0.2) is 54.6 Å². The van der Waals surface area contributed by atoms with Gasteiger partial charge in [-0.25, -0.2) is 4.39 Å². The molecule has 0 saturated carbocycles. The van der Waals surface area contributed by atoms with E-state index in [0.717, 1.165) is 13.0 Å². The van der Waals surface area contributed by atoms with Crippen LogP contribution in [0.2, 0.25) is 0 Å². The molecule has 23 heavy (non-hydrogen) atoms.